The van der Waals surface area contributed by atoms with Crippen molar-refractivity contribution in [3.63, 3.8) is 0 Å². The summed E-state index contributed by atoms with van der Waals surface area (Å²) in [7, 11) is 2.08. The summed E-state index contributed by atoms with van der Waals surface area (Å²) in [6, 6.07) is -0.181. The van der Waals surface area contributed by atoms with Gasteiger partial charge in [0.2, 0.25) is 0 Å². The lowest BCUT2D eigenvalue weighted by molar-refractivity contribution is 0.0691. The third kappa shape index (κ3) is 4.98. The van der Waals surface area contributed by atoms with Crippen molar-refractivity contribution < 1.29 is 14.7 Å². The number of carboxylic acids is 1. The van der Waals surface area contributed by atoms with Gasteiger partial charge in [-0.25, -0.2) is 14.6 Å². The molecule has 116 valence electrons. The molecule has 0 spiro atoms. The lowest BCUT2D eigenvalue weighted by atomic mass is 10.1. The number of amides is 2. The van der Waals surface area contributed by atoms with E-state index in [1.54, 1.807) is 0 Å². The Morgan fingerprint density at radius 3 is 2.95 bits per heavy atom. The maximum Gasteiger partial charge on any atom is 0.355 e. The van der Waals surface area contributed by atoms with Gasteiger partial charge < -0.3 is 20.6 Å². The summed E-state index contributed by atoms with van der Waals surface area (Å²) in [6.07, 6.45) is 1.66. The minimum Gasteiger partial charge on any atom is -0.476 e. The average molecular weight is 312 g/mol. The Morgan fingerprint density at radius 1 is 1.52 bits per heavy atom. The number of rotatable bonds is 6. The van der Waals surface area contributed by atoms with Crippen molar-refractivity contribution in [3.8, 4) is 0 Å². The van der Waals surface area contributed by atoms with E-state index in [1.807, 2.05) is 0 Å². The van der Waals surface area contributed by atoms with Crippen LogP contribution in [0.25, 0.3) is 0 Å². The van der Waals surface area contributed by atoms with Crippen LogP contribution in [0, 0.1) is 5.92 Å². The van der Waals surface area contributed by atoms with E-state index in [4.69, 9.17) is 5.11 Å². The second-order valence-electron chi connectivity index (χ2n) is 5.24. The van der Waals surface area contributed by atoms with E-state index in [9.17, 15) is 9.59 Å². The molecule has 1 unspecified atom stereocenters. The van der Waals surface area contributed by atoms with Crippen molar-refractivity contribution in [2.24, 2.45) is 5.92 Å². The summed E-state index contributed by atoms with van der Waals surface area (Å²) in [5.41, 5.74) is 0.0600. The topological polar surface area (TPSA) is 94.6 Å². The zero-order valence-electron chi connectivity index (χ0n) is 12.0. The zero-order valence-corrected chi connectivity index (χ0v) is 12.8. The van der Waals surface area contributed by atoms with E-state index in [2.05, 4.69) is 27.6 Å². The molecule has 0 aliphatic carbocycles. The molecular weight excluding hydrogens is 292 g/mol. The molecule has 3 N–H and O–H groups in total. The van der Waals surface area contributed by atoms with Crippen LogP contribution in [0.1, 0.15) is 21.9 Å². The van der Waals surface area contributed by atoms with Gasteiger partial charge in [0.25, 0.3) is 0 Å². The van der Waals surface area contributed by atoms with Gasteiger partial charge in [-0.1, -0.05) is 0 Å². The van der Waals surface area contributed by atoms with Crippen molar-refractivity contribution in [1.29, 1.82) is 0 Å². The summed E-state index contributed by atoms with van der Waals surface area (Å²) < 4.78 is 0. The molecule has 1 aromatic rings. The standard InChI is InChI=1S/C13H20N4O3S/c1-17-5-3-9(7-17)6-15-13(20)14-4-2-11-16-10(8-21-11)12(18)19/h8-9H,2-7H2,1H3,(H,18,19)(H2,14,15,20). The number of nitrogens with one attached hydrogen (secondary N) is 2. The minimum atomic E-state index is -1.02. The summed E-state index contributed by atoms with van der Waals surface area (Å²) in [4.78, 5) is 28.6. The summed E-state index contributed by atoms with van der Waals surface area (Å²) >= 11 is 1.29. The summed E-state index contributed by atoms with van der Waals surface area (Å²) in [5.74, 6) is -0.498. The van der Waals surface area contributed by atoms with Crippen molar-refractivity contribution in [2.75, 3.05) is 33.2 Å². The molecule has 1 aliphatic heterocycles. The first-order chi connectivity index (χ1) is 10.0. The molecule has 2 rings (SSSR count). The number of urea groups is 1. The van der Waals surface area contributed by atoms with E-state index >= 15 is 0 Å². The van der Waals surface area contributed by atoms with Crippen LogP contribution >= 0.6 is 11.3 Å². The van der Waals surface area contributed by atoms with Crippen LogP contribution in [-0.2, 0) is 6.42 Å². The molecule has 8 heteroatoms. The van der Waals surface area contributed by atoms with E-state index < -0.39 is 5.97 Å². The van der Waals surface area contributed by atoms with Crippen LogP contribution < -0.4 is 10.6 Å². The molecule has 1 aromatic heterocycles. The number of nitrogens with zero attached hydrogens (tertiary/aromatic N) is 2. The van der Waals surface area contributed by atoms with Crippen LogP contribution in [0.2, 0.25) is 0 Å². The Bertz CT molecular complexity index is 505. The summed E-state index contributed by atoms with van der Waals surface area (Å²) in [6.45, 7) is 3.25. The van der Waals surface area contributed by atoms with Crippen molar-refractivity contribution in [1.82, 2.24) is 20.5 Å². The molecule has 1 aliphatic rings. The molecule has 7 nitrogen and oxygen atoms in total. The number of likely N-dealkylation sites (tertiary alicyclic amines) is 1. The number of carboxylic acid groups (broad SMARTS) is 1. The first kappa shape index (κ1) is 15.7. The molecule has 2 heterocycles. The molecule has 1 fully saturated rings. The molecule has 0 bridgehead atoms. The highest BCUT2D eigenvalue weighted by Gasteiger charge is 2.19. The van der Waals surface area contributed by atoms with Crippen LogP contribution in [-0.4, -0.2) is 60.2 Å². The Hall–Kier alpha value is -1.67. The molecule has 0 aromatic carbocycles. The third-order valence-electron chi connectivity index (χ3n) is 3.44. The monoisotopic (exact) mass is 312 g/mol. The van der Waals surface area contributed by atoms with Crippen LogP contribution in [0.5, 0.6) is 0 Å². The van der Waals surface area contributed by atoms with E-state index in [1.165, 1.54) is 16.7 Å². The number of aromatic carboxylic acids is 1. The fourth-order valence-corrected chi connectivity index (χ4v) is 3.07. The third-order valence-corrected chi connectivity index (χ3v) is 4.34. The van der Waals surface area contributed by atoms with Gasteiger partial charge in [-0.2, -0.15) is 0 Å². The summed E-state index contributed by atoms with van der Waals surface area (Å²) in [5, 5.41) is 16.6. The van der Waals surface area contributed by atoms with E-state index in [0.717, 1.165) is 19.5 Å². The van der Waals surface area contributed by atoms with Crippen LogP contribution in [0.4, 0.5) is 4.79 Å². The second-order valence-corrected chi connectivity index (χ2v) is 6.18. The number of hydrogen-bond acceptors (Lipinski definition) is 5. The SMILES string of the molecule is CN1CCC(CNC(=O)NCCc2nc(C(=O)O)cs2)C1. The number of aromatic nitrogens is 1. The maximum atomic E-state index is 11.6. The Morgan fingerprint density at radius 2 is 2.33 bits per heavy atom. The maximum absolute atomic E-state index is 11.6. The quantitative estimate of drug-likeness (QED) is 0.716. The number of thiazole rings is 1. The molecule has 1 saturated heterocycles. The van der Waals surface area contributed by atoms with Crippen molar-refractivity contribution >= 4 is 23.3 Å². The van der Waals surface area contributed by atoms with Gasteiger partial charge >= 0.3 is 12.0 Å². The molecule has 2 amide bonds. The second kappa shape index (κ2) is 7.37. The van der Waals surface area contributed by atoms with Crippen LogP contribution in [0.15, 0.2) is 5.38 Å². The van der Waals surface area contributed by atoms with Gasteiger partial charge in [-0.15, -0.1) is 11.3 Å². The average Bonchev–Trinajstić information content (AvgIpc) is 3.05. The first-order valence-corrected chi connectivity index (χ1v) is 7.80. The minimum absolute atomic E-state index is 0.0600. The van der Waals surface area contributed by atoms with Gasteiger partial charge in [0.15, 0.2) is 5.69 Å². The van der Waals surface area contributed by atoms with Crippen molar-refractivity contribution in [3.05, 3.63) is 16.1 Å². The number of hydrogen-bond donors (Lipinski definition) is 3. The van der Waals surface area contributed by atoms with E-state index in [-0.39, 0.29) is 11.7 Å². The van der Waals surface area contributed by atoms with Gasteiger partial charge in [0.1, 0.15) is 0 Å². The van der Waals surface area contributed by atoms with Crippen LogP contribution in [0.3, 0.4) is 0 Å². The Kier molecular flexibility index (Phi) is 5.51. The van der Waals surface area contributed by atoms with Crippen molar-refractivity contribution in [2.45, 2.75) is 12.8 Å². The predicted molar refractivity (Wildman–Crippen MR) is 79.8 cm³/mol. The smallest absolute Gasteiger partial charge is 0.355 e. The van der Waals surface area contributed by atoms with E-state index in [0.29, 0.717) is 30.4 Å². The zero-order chi connectivity index (χ0) is 15.2. The van der Waals surface area contributed by atoms with Gasteiger partial charge in [-0.3, -0.25) is 0 Å². The van der Waals surface area contributed by atoms with Gasteiger partial charge in [0, 0.05) is 31.4 Å². The normalized spacial score (nSPS) is 18.6. The lowest BCUT2D eigenvalue weighted by Crippen LogP contribution is -2.39. The number of carbonyl (C=O) groups excluding carboxylic acids is 1. The highest BCUT2D eigenvalue weighted by Crippen LogP contribution is 2.12. The Balaban J connectivity index is 1.61. The predicted octanol–water partition coefficient (Wildman–Crippen LogP) is 0.635. The Labute approximate surface area is 127 Å². The highest BCUT2D eigenvalue weighted by molar-refractivity contribution is 7.09. The molecule has 1 atom stereocenters. The fraction of sp³-hybridized carbons (Fsp3) is 0.615. The largest absolute Gasteiger partial charge is 0.476 e. The molecule has 21 heavy (non-hydrogen) atoms. The molecular formula is C13H20N4O3S. The molecule has 0 saturated carbocycles. The first-order valence-electron chi connectivity index (χ1n) is 6.92. The van der Waals surface area contributed by atoms with Gasteiger partial charge in [-0.05, 0) is 25.9 Å². The fourth-order valence-electron chi connectivity index (χ4n) is 2.30. The lowest BCUT2D eigenvalue weighted by Gasteiger charge is -2.12. The molecule has 0 radical (unpaired) electrons. The number of carbonyl (C=O) groups is 2. The highest BCUT2D eigenvalue weighted by atomic mass is 32.1. The van der Waals surface area contributed by atoms with Gasteiger partial charge in [0.05, 0.1) is 5.01 Å².